The Morgan fingerprint density at radius 2 is 2.00 bits per heavy atom. The first-order chi connectivity index (χ1) is 10.1. The van der Waals surface area contributed by atoms with Crippen molar-refractivity contribution in [3.8, 4) is 0 Å². The van der Waals surface area contributed by atoms with Crippen LogP contribution in [0, 0.1) is 23.6 Å². The predicted octanol–water partition coefficient (Wildman–Crippen LogP) is 4.83. The molecule has 3 heteroatoms. The van der Waals surface area contributed by atoms with Gasteiger partial charge in [0.25, 0.3) is 0 Å². The second-order valence-corrected chi connectivity index (χ2v) is 7.47. The molecular weight excluding hydrogens is 285 g/mol. The Kier molecular flexibility index (Phi) is 4.85. The number of hydrogen-bond donors (Lipinski definition) is 1. The smallest absolute Gasteiger partial charge is 0.124 e. The molecule has 116 valence electrons. The van der Waals surface area contributed by atoms with Crippen molar-refractivity contribution in [2.45, 2.75) is 51.5 Å². The van der Waals surface area contributed by atoms with E-state index in [9.17, 15) is 4.39 Å². The van der Waals surface area contributed by atoms with Crippen molar-refractivity contribution in [2.75, 3.05) is 6.54 Å². The molecule has 2 fully saturated rings. The Morgan fingerprint density at radius 1 is 1.19 bits per heavy atom. The van der Waals surface area contributed by atoms with Gasteiger partial charge < -0.3 is 5.32 Å². The van der Waals surface area contributed by atoms with E-state index in [0.29, 0.717) is 10.9 Å². The first-order valence-corrected chi connectivity index (χ1v) is 8.67. The van der Waals surface area contributed by atoms with E-state index in [1.165, 1.54) is 44.2 Å². The van der Waals surface area contributed by atoms with Crippen LogP contribution in [0.4, 0.5) is 4.39 Å². The number of benzene rings is 1. The van der Waals surface area contributed by atoms with Crippen LogP contribution < -0.4 is 5.32 Å². The summed E-state index contributed by atoms with van der Waals surface area (Å²) in [5.74, 6) is 1.96. The van der Waals surface area contributed by atoms with E-state index in [-0.39, 0.29) is 5.82 Å². The highest BCUT2D eigenvalue weighted by Gasteiger charge is 2.30. The fourth-order valence-corrected chi connectivity index (χ4v) is 3.90. The van der Waals surface area contributed by atoms with Crippen LogP contribution in [0.2, 0.25) is 5.02 Å². The van der Waals surface area contributed by atoms with Gasteiger partial charge in [0.2, 0.25) is 0 Å². The van der Waals surface area contributed by atoms with E-state index in [4.69, 9.17) is 11.6 Å². The van der Waals surface area contributed by atoms with E-state index in [1.54, 1.807) is 0 Å². The minimum Gasteiger partial charge on any atom is -0.314 e. The minimum atomic E-state index is -0.243. The van der Waals surface area contributed by atoms with Crippen LogP contribution >= 0.6 is 11.6 Å². The second kappa shape index (κ2) is 6.66. The van der Waals surface area contributed by atoms with Crippen molar-refractivity contribution in [1.29, 1.82) is 0 Å². The number of nitrogens with one attached hydrogen (secondary N) is 1. The summed E-state index contributed by atoms with van der Waals surface area (Å²) in [6.45, 7) is 3.49. The molecule has 3 atom stereocenters. The SMILES string of the molecule is CC1CCC(CNC2CC2)C(Cc2ccc(F)cc2Cl)C1. The van der Waals surface area contributed by atoms with Crippen LogP contribution in [-0.2, 0) is 6.42 Å². The minimum absolute atomic E-state index is 0.243. The van der Waals surface area contributed by atoms with E-state index in [2.05, 4.69) is 12.2 Å². The fraction of sp³-hybridized carbons (Fsp3) is 0.667. The van der Waals surface area contributed by atoms with E-state index in [1.807, 2.05) is 6.07 Å². The van der Waals surface area contributed by atoms with Gasteiger partial charge in [0.05, 0.1) is 0 Å². The maximum absolute atomic E-state index is 13.2. The van der Waals surface area contributed by atoms with Gasteiger partial charge in [0, 0.05) is 11.1 Å². The van der Waals surface area contributed by atoms with Gasteiger partial charge >= 0.3 is 0 Å². The third kappa shape index (κ3) is 4.20. The summed E-state index contributed by atoms with van der Waals surface area (Å²) in [5, 5.41) is 4.27. The number of halogens is 2. The lowest BCUT2D eigenvalue weighted by molar-refractivity contribution is 0.183. The van der Waals surface area contributed by atoms with Gasteiger partial charge in [-0.1, -0.05) is 31.0 Å². The molecule has 21 heavy (non-hydrogen) atoms. The van der Waals surface area contributed by atoms with Crippen LogP contribution in [-0.4, -0.2) is 12.6 Å². The molecule has 1 nitrogen and oxygen atoms in total. The van der Waals surface area contributed by atoms with Crippen molar-refractivity contribution in [2.24, 2.45) is 17.8 Å². The average molecular weight is 310 g/mol. The van der Waals surface area contributed by atoms with Crippen molar-refractivity contribution >= 4 is 11.6 Å². The van der Waals surface area contributed by atoms with E-state index < -0.39 is 0 Å². The zero-order valence-corrected chi connectivity index (χ0v) is 13.5. The van der Waals surface area contributed by atoms with Crippen LogP contribution in [0.1, 0.15) is 44.6 Å². The summed E-state index contributed by atoms with van der Waals surface area (Å²) in [6, 6.07) is 5.62. The van der Waals surface area contributed by atoms with Gasteiger partial charge in [0.1, 0.15) is 5.82 Å². The van der Waals surface area contributed by atoms with Crippen molar-refractivity contribution in [3.05, 3.63) is 34.6 Å². The molecular formula is C18H25ClFN. The lowest BCUT2D eigenvalue weighted by atomic mass is 9.72. The van der Waals surface area contributed by atoms with Crippen LogP contribution in [0.5, 0.6) is 0 Å². The standard InChI is InChI=1S/C18H25ClFN/c1-12-2-3-14(11-21-17-6-7-17)15(8-12)9-13-4-5-16(20)10-18(13)19/h4-5,10,12,14-15,17,21H,2-3,6-9,11H2,1H3. The van der Waals surface area contributed by atoms with Crippen molar-refractivity contribution in [1.82, 2.24) is 5.32 Å². The predicted molar refractivity (Wildman–Crippen MR) is 86.1 cm³/mol. The monoisotopic (exact) mass is 309 g/mol. The highest BCUT2D eigenvalue weighted by atomic mass is 35.5. The Hall–Kier alpha value is -0.600. The van der Waals surface area contributed by atoms with Gasteiger partial charge in [-0.15, -0.1) is 0 Å². The third-order valence-electron chi connectivity index (χ3n) is 5.15. The van der Waals surface area contributed by atoms with E-state index in [0.717, 1.165) is 36.4 Å². The quantitative estimate of drug-likeness (QED) is 0.821. The van der Waals surface area contributed by atoms with Gasteiger partial charge in [-0.25, -0.2) is 4.39 Å². The Morgan fingerprint density at radius 3 is 2.71 bits per heavy atom. The molecule has 2 saturated carbocycles. The molecule has 0 bridgehead atoms. The molecule has 0 aromatic heterocycles. The first kappa shape index (κ1) is 15.3. The maximum Gasteiger partial charge on any atom is 0.124 e. The number of hydrogen-bond acceptors (Lipinski definition) is 1. The zero-order chi connectivity index (χ0) is 14.8. The summed E-state index contributed by atoms with van der Waals surface area (Å²) >= 11 is 6.21. The fourth-order valence-electron chi connectivity index (χ4n) is 3.66. The topological polar surface area (TPSA) is 12.0 Å². The summed E-state index contributed by atoms with van der Waals surface area (Å²) < 4.78 is 13.2. The van der Waals surface area contributed by atoms with Crippen molar-refractivity contribution < 1.29 is 4.39 Å². The molecule has 2 aliphatic carbocycles. The molecule has 0 saturated heterocycles. The first-order valence-electron chi connectivity index (χ1n) is 8.29. The molecule has 3 unspecified atom stereocenters. The lowest BCUT2D eigenvalue weighted by Crippen LogP contribution is -2.34. The van der Waals surface area contributed by atoms with Crippen molar-refractivity contribution in [3.63, 3.8) is 0 Å². The van der Waals surface area contributed by atoms with Gasteiger partial charge in [-0.3, -0.25) is 0 Å². The summed E-state index contributed by atoms with van der Waals surface area (Å²) in [5.41, 5.74) is 1.11. The highest BCUT2D eigenvalue weighted by Crippen LogP contribution is 2.37. The van der Waals surface area contributed by atoms with Crippen LogP contribution in [0.25, 0.3) is 0 Å². The zero-order valence-electron chi connectivity index (χ0n) is 12.7. The van der Waals surface area contributed by atoms with Crippen LogP contribution in [0.3, 0.4) is 0 Å². The Bertz CT molecular complexity index is 486. The molecule has 0 radical (unpaired) electrons. The normalized spacial score (nSPS) is 29.6. The maximum atomic E-state index is 13.2. The average Bonchev–Trinajstić information content (AvgIpc) is 3.25. The molecule has 0 amide bonds. The summed E-state index contributed by atoms with van der Waals surface area (Å²) in [4.78, 5) is 0. The molecule has 1 aromatic carbocycles. The summed E-state index contributed by atoms with van der Waals surface area (Å²) in [7, 11) is 0. The molecule has 1 N–H and O–H groups in total. The Balaban J connectivity index is 1.65. The molecule has 1 aromatic rings. The van der Waals surface area contributed by atoms with Gasteiger partial charge in [0.15, 0.2) is 0 Å². The molecule has 2 aliphatic rings. The highest BCUT2D eigenvalue weighted by molar-refractivity contribution is 6.31. The van der Waals surface area contributed by atoms with Crippen LogP contribution in [0.15, 0.2) is 18.2 Å². The van der Waals surface area contributed by atoms with Gasteiger partial charge in [-0.2, -0.15) is 0 Å². The molecule has 0 spiro atoms. The van der Waals surface area contributed by atoms with E-state index >= 15 is 0 Å². The summed E-state index contributed by atoms with van der Waals surface area (Å²) in [6.07, 6.45) is 7.59. The Labute approximate surface area is 132 Å². The number of rotatable bonds is 5. The third-order valence-corrected chi connectivity index (χ3v) is 5.50. The lowest BCUT2D eigenvalue weighted by Gasteiger charge is -2.35. The largest absolute Gasteiger partial charge is 0.314 e. The molecule has 3 rings (SSSR count). The second-order valence-electron chi connectivity index (χ2n) is 7.06. The van der Waals surface area contributed by atoms with Gasteiger partial charge in [-0.05, 0) is 74.1 Å². The molecule has 0 aliphatic heterocycles. The molecule has 0 heterocycles.